The first-order valence-corrected chi connectivity index (χ1v) is 7.33. The average molecular weight is 274 g/mol. The minimum Gasteiger partial charge on any atom is -0.335 e. The number of aromatic nitrogens is 5. The van der Waals surface area contributed by atoms with Gasteiger partial charge in [-0.15, -0.1) is 0 Å². The van der Waals surface area contributed by atoms with E-state index in [-0.39, 0.29) is 0 Å². The number of H-pyrrole nitrogens is 1. The van der Waals surface area contributed by atoms with Crippen LogP contribution in [0.25, 0.3) is 0 Å². The number of rotatable bonds is 5. The highest BCUT2D eigenvalue weighted by atomic mass is 15.2. The van der Waals surface area contributed by atoms with Crippen molar-refractivity contribution in [1.29, 1.82) is 0 Å². The topological polar surface area (TPSA) is 62.6 Å². The van der Waals surface area contributed by atoms with Gasteiger partial charge in [0.15, 0.2) is 0 Å². The number of aryl methyl sites for hydroxylation is 2. The number of fused-ring (bicyclic) bond motifs is 1. The smallest absolute Gasteiger partial charge is 0.150 e. The van der Waals surface area contributed by atoms with Gasteiger partial charge in [-0.25, -0.2) is 9.97 Å². The lowest BCUT2D eigenvalue weighted by Gasteiger charge is -2.27. The number of hydrogen-bond acceptors (Lipinski definition) is 4. The normalized spacial score (nSPS) is 18.4. The molecule has 3 heterocycles. The van der Waals surface area contributed by atoms with Crippen molar-refractivity contribution in [1.82, 2.24) is 29.6 Å². The van der Waals surface area contributed by atoms with Crippen molar-refractivity contribution < 1.29 is 0 Å². The Morgan fingerprint density at radius 3 is 3.20 bits per heavy atom. The minimum absolute atomic E-state index is 0.690. The molecule has 6 heteroatoms. The van der Waals surface area contributed by atoms with Crippen LogP contribution in [0.15, 0.2) is 12.4 Å². The first-order valence-electron chi connectivity index (χ1n) is 7.33. The molecule has 0 saturated heterocycles. The van der Waals surface area contributed by atoms with E-state index >= 15 is 0 Å². The lowest BCUT2D eigenvalue weighted by Crippen LogP contribution is -2.31. The number of imidazole rings is 1. The monoisotopic (exact) mass is 274 g/mol. The Balaban J connectivity index is 1.53. The Hall–Kier alpha value is -1.69. The van der Waals surface area contributed by atoms with Gasteiger partial charge in [-0.2, -0.15) is 5.10 Å². The van der Waals surface area contributed by atoms with Crippen LogP contribution in [0.5, 0.6) is 0 Å². The Kier molecular flexibility index (Phi) is 3.82. The number of hydrogen-bond donors (Lipinski definition) is 1. The summed E-state index contributed by atoms with van der Waals surface area (Å²) in [6, 6.07) is 0. The zero-order chi connectivity index (χ0) is 13.9. The molecular weight excluding hydrogens is 252 g/mol. The average Bonchev–Trinajstić information content (AvgIpc) is 3.06. The van der Waals surface area contributed by atoms with E-state index < -0.39 is 0 Å². The molecule has 0 spiro atoms. The fraction of sp³-hybridized carbons (Fsp3) is 0.643. The third-order valence-electron chi connectivity index (χ3n) is 3.92. The Labute approximate surface area is 119 Å². The highest BCUT2D eigenvalue weighted by Gasteiger charge is 2.20. The molecule has 20 heavy (non-hydrogen) atoms. The van der Waals surface area contributed by atoms with Gasteiger partial charge in [0.1, 0.15) is 17.5 Å². The number of nitrogens with zero attached hydrogens (tertiary/aromatic N) is 5. The predicted molar refractivity (Wildman–Crippen MR) is 76.1 cm³/mol. The molecule has 0 unspecified atom stereocenters. The molecule has 1 N–H and O–H groups in total. The van der Waals surface area contributed by atoms with Gasteiger partial charge in [0, 0.05) is 38.3 Å². The molecule has 108 valence electrons. The van der Waals surface area contributed by atoms with E-state index in [1.807, 2.05) is 6.20 Å². The van der Waals surface area contributed by atoms with Crippen LogP contribution in [0.3, 0.4) is 0 Å². The fourth-order valence-corrected chi connectivity index (χ4v) is 2.91. The first kappa shape index (κ1) is 13.3. The molecule has 1 aliphatic rings. The lowest BCUT2D eigenvalue weighted by molar-refractivity contribution is 0.225. The van der Waals surface area contributed by atoms with Crippen molar-refractivity contribution >= 4 is 0 Å². The summed E-state index contributed by atoms with van der Waals surface area (Å²) >= 11 is 0. The summed E-state index contributed by atoms with van der Waals surface area (Å²) in [5.41, 5.74) is 0. The maximum Gasteiger partial charge on any atom is 0.150 e. The van der Waals surface area contributed by atoms with Crippen LogP contribution in [0, 0.1) is 5.92 Å². The minimum atomic E-state index is 0.690. The zero-order valence-corrected chi connectivity index (χ0v) is 12.2. The van der Waals surface area contributed by atoms with Crippen molar-refractivity contribution in [2.45, 2.75) is 39.3 Å². The van der Waals surface area contributed by atoms with Crippen LogP contribution < -0.4 is 0 Å². The van der Waals surface area contributed by atoms with E-state index in [2.05, 4.69) is 49.8 Å². The highest BCUT2D eigenvalue weighted by molar-refractivity contribution is 4.97. The van der Waals surface area contributed by atoms with E-state index in [0.717, 1.165) is 44.1 Å². The van der Waals surface area contributed by atoms with Gasteiger partial charge in [0.25, 0.3) is 0 Å². The van der Waals surface area contributed by atoms with E-state index in [1.54, 1.807) is 0 Å². The van der Waals surface area contributed by atoms with E-state index in [9.17, 15) is 0 Å². The van der Waals surface area contributed by atoms with Gasteiger partial charge in [0.2, 0.25) is 0 Å². The summed E-state index contributed by atoms with van der Waals surface area (Å²) in [5.74, 6) is 3.78. The summed E-state index contributed by atoms with van der Waals surface area (Å²) in [5, 5.41) is 7.20. The van der Waals surface area contributed by atoms with Crippen LogP contribution in [0.2, 0.25) is 0 Å². The van der Waals surface area contributed by atoms with E-state index in [1.165, 1.54) is 12.2 Å². The second-order valence-corrected chi connectivity index (χ2v) is 5.65. The van der Waals surface area contributed by atoms with E-state index in [4.69, 9.17) is 0 Å². The van der Waals surface area contributed by atoms with Gasteiger partial charge < -0.3 is 4.57 Å². The van der Waals surface area contributed by atoms with Crippen molar-refractivity contribution in [2.24, 2.45) is 5.92 Å². The van der Waals surface area contributed by atoms with Crippen LogP contribution in [-0.2, 0) is 25.9 Å². The number of nitrogens with one attached hydrogen (secondary N) is 1. The maximum absolute atomic E-state index is 4.47. The molecule has 1 atom stereocenters. The molecule has 6 nitrogen and oxygen atoms in total. The van der Waals surface area contributed by atoms with Gasteiger partial charge >= 0.3 is 0 Å². The molecule has 0 aliphatic carbocycles. The molecule has 3 rings (SSSR count). The Bertz CT molecular complexity index is 558. The van der Waals surface area contributed by atoms with Crippen molar-refractivity contribution in [3.8, 4) is 0 Å². The van der Waals surface area contributed by atoms with E-state index in [0.29, 0.717) is 5.92 Å². The van der Waals surface area contributed by atoms with Crippen LogP contribution in [0.4, 0.5) is 0 Å². The lowest BCUT2D eigenvalue weighted by atomic mass is 9.99. The van der Waals surface area contributed by atoms with Crippen molar-refractivity contribution in [3.05, 3.63) is 29.9 Å². The molecule has 0 radical (unpaired) electrons. The second-order valence-electron chi connectivity index (χ2n) is 5.65. The van der Waals surface area contributed by atoms with Crippen molar-refractivity contribution in [3.63, 3.8) is 0 Å². The molecule has 1 aliphatic heterocycles. The standard InChI is InChI=1S/C14H22N6/c1-3-12-16-13(18-17-12)10-19(2)8-11-4-5-14-15-6-7-20(14)9-11/h6-7,11H,3-5,8-10H2,1-2H3,(H,16,17,18)/t11-/m0/s1. The van der Waals surface area contributed by atoms with Crippen molar-refractivity contribution in [2.75, 3.05) is 13.6 Å². The Morgan fingerprint density at radius 1 is 1.50 bits per heavy atom. The molecule has 0 amide bonds. The summed E-state index contributed by atoms with van der Waals surface area (Å²) in [6.07, 6.45) is 7.19. The summed E-state index contributed by atoms with van der Waals surface area (Å²) in [7, 11) is 2.15. The van der Waals surface area contributed by atoms with Crippen LogP contribution in [-0.4, -0.2) is 43.2 Å². The highest BCUT2D eigenvalue weighted by Crippen LogP contribution is 2.19. The molecule has 2 aromatic rings. The molecule has 0 aromatic carbocycles. The molecule has 0 saturated carbocycles. The summed E-state index contributed by atoms with van der Waals surface area (Å²) in [6.45, 7) is 5.07. The predicted octanol–water partition coefficient (Wildman–Crippen LogP) is 1.26. The molecule has 0 bridgehead atoms. The SMILES string of the molecule is CCc1n[nH]c(CN(C)C[C@@H]2CCc3nccn3C2)n1. The third-order valence-corrected chi connectivity index (χ3v) is 3.92. The summed E-state index contributed by atoms with van der Waals surface area (Å²) < 4.78 is 2.28. The molecule has 0 fully saturated rings. The largest absolute Gasteiger partial charge is 0.335 e. The Morgan fingerprint density at radius 2 is 2.40 bits per heavy atom. The first-order chi connectivity index (χ1) is 9.74. The second kappa shape index (κ2) is 5.75. The molecule has 2 aromatic heterocycles. The van der Waals surface area contributed by atoms with Crippen LogP contribution in [0.1, 0.15) is 30.8 Å². The third kappa shape index (κ3) is 2.90. The number of aromatic amines is 1. The van der Waals surface area contributed by atoms with Gasteiger partial charge in [0.05, 0.1) is 6.54 Å². The van der Waals surface area contributed by atoms with Gasteiger partial charge in [-0.1, -0.05) is 6.92 Å². The van der Waals surface area contributed by atoms with Crippen LogP contribution >= 0.6 is 0 Å². The quantitative estimate of drug-likeness (QED) is 0.891. The maximum atomic E-state index is 4.47. The molecular formula is C14H22N6. The van der Waals surface area contributed by atoms with Gasteiger partial charge in [-0.05, 0) is 19.4 Å². The van der Waals surface area contributed by atoms with Gasteiger partial charge in [-0.3, -0.25) is 10.00 Å². The zero-order valence-electron chi connectivity index (χ0n) is 12.2. The fourth-order valence-electron chi connectivity index (χ4n) is 2.91. The summed E-state index contributed by atoms with van der Waals surface area (Å²) in [4.78, 5) is 11.2.